The van der Waals surface area contributed by atoms with Crippen LogP contribution in [-0.4, -0.2) is 52.7 Å². The van der Waals surface area contributed by atoms with E-state index >= 15 is 0 Å². The number of halogens is 6. The zero-order chi connectivity index (χ0) is 26.9. The first-order chi connectivity index (χ1) is 16.8. The Balaban J connectivity index is 2.00. The van der Waals surface area contributed by atoms with Gasteiger partial charge in [-0.05, 0) is 37.5 Å². The fourth-order valence-electron chi connectivity index (χ4n) is 3.17. The first-order valence-corrected chi connectivity index (χ1v) is 10.9. The van der Waals surface area contributed by atoms with E-state index in [2.05, 4.69) is 15.7 Å². The average Bonchev–Trinajstić information content (AvgIpc) is 3.42. The lowest BCUT2D eigenvalue weighted by atomic mass is 10.1. The zero-order valence-corrected chi connectivity index (χ0v) is 19.7. The summed E-state index contributed by atoms with van der Waals surface area (Å²) < 4.78 is 72.3. The summed E-state index contributed by atoms with van der Waals surface area (Å²) in [6, 6.07) is 6.45. The number of rotatable bonds is 9. The first-order valence-electron chi connectivity index (χ1n) is 10.5. The number of aromatic nitrogens is 2. The third-order valence-electron chi connectivity index (χ3n) is 5.31. The van der Waals surface area contributed by atoms with Crippen molar-refractivity contribution < 1.29 is 31.5 Å². The van der Waals surface area contributed by atoms with Crippen molar-refractivity contribution in [3.63, 3.8) is 0 Å². The van der Waals surface area contributed by atoms with E-state index in [4.69, 9.17) is 21.7 Å². The van der Waals surface area contributed by atoms with E-state index in [0.29, 0.717) is 24.0 Å². The van der Waals surface area contributed by atoms with Crippen molar-refractivity contribution in [3.05, 3.63) is 46.9 Å². The minimum absolute atomic E-state index is 0.0782. The second-order valence-electron chi connectivity index (χ2n) is 7.82. The number of hydrogen-bond donors (Lipinski definition) is 3. The lowest BCUT2D eigenvalue weighted by Gasteiger charge is -2.23. The molecule has 1 aromatic heterocycles. The molecule has 0 atom stereocenters. The standard InChI is InChI=1S/C22H20ClF5N6O2/c1-3-36-16(17(30)21(24,25)22(26,27)28)18(31-2)34-10-13(9-32-34)12-4-5-15(23)14(8-12)19(35)33-20(11-29)6-7-20/h4-5,8-10,30-31H,3,6-7H2,1-2H3,(H,33,35)/b18-16-,30-17?. The average molecular weight is 531 g/mol. The molecule has 1 aliphatic carbocycles. The minimum atomic E-state index is -6.01. The molecule has 1 amide bonds. The quantitative estimate of drug-likeness (QED) is 0.249. The predicted molar refractivity (Wildman–Crippen MR) is 120 cm³/mol. The van der Waals surface area contributed by atoms with Crippen LogP contribution in [-0.2, 0) is 4.74 Å². The van der Waals surface area contributed by atoms with Crippen LogP contribution < -0.4 is 10.6 Å². The molecule has 1 fully saturated rings. The van der Waals surface area contributed by atoms with E-state index in [1.807, 2.05) is 6.07 Å². The van der Waals surface area contributed by atoms with E-state index in [0.717, 1.165) is 4.68 Å². The van der Waals surface area contributed by atoms with Crippen LogP contribution in [0.2, 0.25) is 5.02 Å². The van der Waals surface area contributed by atoms with Gasteiger partial charge in [0, 0.05) is 18.8 Å². The maximum Gasteiger partial charge on any atom is 0.459 e. The molecule has 0 spiro atoms. The molecule has 1 aliphatic rings. The number of amides is 1. The van der Waals surface area contributed by atoms with Crippen LogP contribution in [0, 0.1) is 16.7 Å². The number of carbonyl (C=O) groups excluding carboxylic acids is 1. The van der Waals surface area contributed by atoms with Crippen molar-refractivity contribution in [3.8, 4) is 17.2 Å². The van der Waals surface area contributed by atoms with Crippen LogP contribution >= 0.6 is 11.6 Å². The molecule has 3 rings (SSSR count). The molecule has 36 heavy (non-hydrogen) atoms. The molecule has 3 N–H and O–H groups in total. The fraction of sp³-hybridized carbons (Fsp3) is 0.364. The molecular weight excluding hydrogens is 511 g/mol. The number of carbonyl (C=O) groups is 1. The fourth-order valence-corrected chi connectivity index (χ4v) is 3.37. The van der Waals surface area contributed by atoms with E-state index in [9.17, 15) is 32.0 Å². The summed E-state index contributed by atoms with van der Waals surface area (Å²) in [5.74, 6) is -7.52. The van der Waals surface area contributed by atoms with Crippen LogP contribution in [0.4, 0.5) is 22.0 Å². The first kappa shape index (κ1) is 26.9. The number of ether oxygens (including phenoxy) is 1. The van der Waals surface area contributed by atoms with Gasteiger partial charge in [0.25, 0.3) is 5.91 Å². The second-order valence-corrected chi connectivity index (χ2v) is 8.23. The molecule has 8 nitrogen and oxygen atoms in total. The number of nitrogens with zero attached hydrogens (tertiary/aromatic N) is 3. The molecule has 0 bridgehead atoms. The highest BCUT2D eigenvalue weighted by Gasteiger charge is 2.62. The highest BCUT2D eigenvalue weighted by Crippen LogP contribution is 2.39. The zero-order valence-electron chi connectivity index (χ0n) is 18.9. The Hall–Kier alpha value is -3.66. The number of alkyl halides is 5. The minimum Gasteiger partial charge on any atom is -0.488 e. The summed E-state index contributed by atoms with van der Waals surface area (Å²) in [5.41, 5.74) is -2.17. The van der Waals surface area contributed by atoms with Gasteiger partial charge >= 0.3 is 12.1 Å². The summed E-state index contributed by atoms with van der Waals surface area (Å²) in [6.45, 7) is 1.06. The Kier molecular flexibility index (Phi) is 7.31. The molecule has 1 heterocycles. The molecule has 2 aromatic rings. The molecule has 192 valence electrons. The second kappa shape index (κ2) is 9.77. The highest BCUT2D eigenvalue weighted by molar-refractivity contribution is 6.34. The van der Waals surface area contributed by atoms with Gasteiger partial charge in [-0.3, -0.25) is 10.2 Å². The van der Waals surface area contributed by atoms with Crippen molar-refractivity contribution in [1.29, 1.82) is 10.7 Å². The number of hydrogen-bond acceptors (Lipinski definition) is 6. The van der Waals surface area contributed by atoms with Crippen molar-refractivity contribution in [2.45, 2.75) is 37.4 Å². The molecule has 0 saturated heterocycles. The van der Waals surface area contributed by atoms with E-state index < -0.39 is 40.8 Å². The smallest absolute Gasteiger partial charge is 0.459 e. The summed E-state index contributed by atoms with van der Waals surface area (Å²) in [6.07, 6.45) is -2.42. The number of nitriles is 1. The molecule has 0 aliphatic heterocycles. The van der Waals surface area contributed by atoms with Gasteiger partial charge in [0.2, 0.25) is 0 Å². The molecule has 14 heteroatoms. The van der Waals surface area contributed by atoms with Gasteiger partial charge in [-0.15, -0.1) is 0 Å². The summed E-state index contributed by atoms with van der Waals surface area (Å²) >= 11 is 6.15. The van der Waals surface area contributed by atoms with Crippen LogP contribution in [0.1, 0.15) is 30.1 Å². The SMILES string of the molecule is CCO/C(C(=N)C(F)(F)C(F)(F)F)=C(/NC)n1cc(-c2ccc(Cl)c(C(=O)NC3(C#N)CC3)c2)cn1. The highest BCUT2D eigenvalue weighted by atomic mass is 35.5. The topological polar surface area (TPSA) is 116 Å². The number of benzene rings is 1. The number of nitrogens with one attached hydrogen (secondary N) is 3. The van der Waals surface area contributed by atoms with Gasteiger partial charge in [0.05, 0.1) is 29.5 Å². The molecule has 1 aromatic carbocycles. The van der Waals surface area contributed by atoms with Gasteiger partial charge in [0.15, 0.2) is 17.3 Å². The maximum absolute atomic E-state index is 13.9. The third kappa shape index (κ3) is 5.13. The lowest BCUT2D eigenvalue weighted by molar-refractivity contribution is -0.249. The van der Waals surface area contributed by atoms with Crippen molar-refractivity contribution in [2.24, 2.45) is 0 Å². The molecule has 1 saturated carbocycles. The normalized spacial score (nSPS) is 15.4. The Morgan fingerprint density at radius 1 is 1.31 bits per heavy atom. The molecule has 0 unspecified atom stereocenters. The van der Waals surface area contributed by atoms with Crippen LogP contribution in [0.25, 0.3) is 16.9 Å². The summed E-state index contributed by atoms with van der Waals surface area (Å²) in [7, 11) is 1.24. The summed E-state index contributed by atoms with van der Waals surface area (Å²) in [5, 5.41) is 25.9. The van der Waals surface area contributed by atoms with Crippen molar-refractivity contribution in [2.75, 3.05) is 13.7 Å². The van der Waals surface area contributed by atoms with Gasteiger partial charge in [0.1, 0.15) is 5.54 Å². The third-order valence-corrected chi connectivity index (χ3v) is 5.64. The monoisotopic (exact) mass is 530 g/mol. The van der Waals surface area contributed by atoms with E-state index in [1.165, 1.54) is 38.5 Å². The van der Waals surface area contributed by atoms with Crippen molar-refractivity contribution >= 4 is 29.0 Å². The van der Waals surface area contributed by atoms with Crippen LogP contribution in [0.15, 0.2) is 36.4 Å². The van der Waals surface area contributed by atoms with Crippen molar-refractivity contribution in [1.82, 2.24) is 20.4 Å². The molecular formula is C22H20ClF5N6O2. The van der Waals surface area contributed by atoms with E-state index in [-0.39, 0.29) is 17.2 Å². The van der Waals surface area contributed by atoms with Gasteiger partial charge < -0.3 is 15.4 Å². The largest absolute Gasteiger partial charge is 0.488 e. The van der Waals surface area contributed by atoms with Gasteiger partial charge in [-0.2, -0.15) is 32.3 Å². The number of allylic oxidation sites excluding steroid dienone is 1. The lowest BCUT2D eigenvalue weighted by Crippen LogP contribution is -2.45. The van der Waals surface area contributed by atoms with Crippen LogP contribution in [0.5, 0.6) is 0 Å². The van der Waals surface area contributed by atoms with E-state index in [1.54, 1.807) is 6.07 Å². The van der Waals surface area contributed by atoms with Gasteiger partial charge in [-0.25, -0.2) is 4.68 Å². The Morgan fingerprint density at radius 2 is 1.97 bits per heavy atom. The predicted octanol–water partition coefficient (Wildman–Crippen LogP) is 4.59. The van der Waals surface area contributed by atoms with Crippen LogP contribution in [0.3, 0.4) is 0 Å². The Bertz CT molecular complexity index is 1260. The Labute approximate surface area is 207 Å². The Morgan fingerprint density at radius 3 is 2.50 bits per heavy atom. The maximum atomic E-state index is 13.9. The molecule has 0 radical (unpaired) electrons. The van der Waals surface area contributed by atoms with Gasteiger partial charge in [-0.1, -0.05) is 17.7 Å². The summed E-state index contributed by atoms with van der Waals surface area (Å²) in [4.78, 5) is 12.6.